The highest BCUT2D eigenvalue weighted by Gasteiger charge is 2.45. The van der Waals surface area contributed by atoms with E-state index in [2.05, 4.69) is 11.0 Å². The number of anilines is 1. The van der Waals surface area contributed by atoms with E-state index in [0.717, 1.165) is 37.9 Å². The Hall–Kier alpha value is -2.10. The van der Waals surface area contributed by atoms with Crippen molar-refractivity contribution in [3.05, 3.63) is 41.6 Å². The number of benzene rings is 1. The van der Waals surface area contributed by atoms with E-state index in [-0.39, 0.29) is 23.7 Å². The second kappa shape index (κ2) is 7.26. The van der Waals surface area contributed by atoms with Gasteiger partial charge >= 0.3 is 0 Å². The minimum Gasteiger partial charge on any atom is -0.375 e. The molecule has 0 unspecified atom stereocenters. The van der Waals surface area contributed by atoms with Gasteiger partial charge in [-0.2, -0.15) is 0 Å². The third-order valence-corrected chi connectivity index (χ3v) is 6.13. The molecule has 0 N–H and O–H groups in total. The number of nitrogens with zero attached hydrogens (tertiary/aromatic N) is 2. The molecule has 1 aromatic rings. The topological polar surface area (TPSA) is 40.6 Å². The van der Waals surface area contributed by atoms with Crippen LogP contribution in [0.25, 0.3) is 0 Å². The Labute approximate surface area is 155 Å². The SMILES string of the molecule is Cc1ccc(N2C(=O)C[C@H]([C@@H]3CCCC=C3N3CCCCC3)C2=O)cc1. The summed E-state index contributed by atoms with van der Waals surface area (Å²) in [6, 6.07) is 7.69. The second-order valence-electron chi connectivity index (χ2n) is 7.93. The van der Waals surface area contributed by atoms with Crippen LogP contribution >= 0.6 is 0 Å². The highest BCUT2D eigenvalue weighted by atomic mass is 16.2. The van der Waals surface area contributed by atoms with E-state index in [1.54, 1.807) is 0 Å². The fourth-order valence-corrected chi connectivity index (χ4v) is 4.74. The minimum atomic E-state index is -0.197. The van der Waals surface area contributed by atoms with Crippen LogP contribution in [-0.2, 0) is 9.59 Å². The Morgan fingerprint density at radius 3 is 2.38 bits per heavy atom. The molecule has 4 heteroatoms. The Balaban J connectivity index is 1.57. The first-order valence-corrected chi connectivity index (χ1v) is 10.0. The van der Waals surface area contributed by atoms with E-state index in [4.69, 9.17) is 0 Å². The quantitative estimate of drug-likeness (QED) is 0.771. The van der Waals surface area contributed by atoms with Crippen LogP contribution in [0.4, 0.5) is 5.69 Å². The molecule has 0 aromatic heterocycles. The van der Waals surface area contributed by atoms with Gasteiger partial charge in [-0.05, 0) is 57.6 Å². The van der Waals surface area contributed by atoms with Gasteiger partial charge in [-0.1, -0.05) is 23.8 Å². The highest BCUT2D eigenvalue weighted by Crippen LogP contribution is 2.40. The van der Waals surface area contributed by atoms with E-state index in [1.165, 1.54) is 29.9 Å². The van der Waals surface area contributed by atoms with E-state index >= 15 is 0 Å². The molecule has 0 radical (unpaired) electrons. The molecular weight excluding hydrogens is 324 g/mol. The molecule has 138 valence electrons. The molecule has 2 saturated heterocycles. The molecule has 0 bridgehead atoms. The van der Waals surface area contributed by atoms with Crippen molar-refractivity contribution >= 4 is 17.5 Å². The molecule has 2 heterocycles. The average molecular weight is 352 g/mol. The molecule has 0 spiro atoms. The molecule has 2 atom stereocenters. The number of likely N-dealkylation sites (tertiary alicyclic amines) is 1. The number of allylic oxidation sites excluding steroid dienone is 2. The maximum absolute atomic E-state index is 13.2. The molecule has 2 fully saturated rings. The lowest BCUT2D eigenvalue weighted by molar-refractivity contribution is -0.123. The summed E-state index contributed by atoms with van der Waals surface area (Å²) in [7, 11) is 0. The second-order valence-corrected chi connectivity index (χ2v) is 7.93. The van der Waals surface area contributed by atoms with E-state index in [1.807, 2.05) is 31.2 Å². The van der Waals surface area contributed by atoms with Crippen molar-refractivity contribution in [2.45, 2.75) is 51.9 Å². The van der Waals surface area contributed by atoms with Gasteiger partial charge in [0.2, 0.25) is 11.8 Å². The lowest BCUT2D eigenvalue weighted by atomic mass is 9.80. The zero-order valence-electron chi connectivity index (χ0n) is 15.6. The Morgan fingerprint density at radius 1 is 0.923 bits per heavy atom. The number of rotatable bonds is 3. The van der Waals surface area contributed by atoms with Crippen molar-refractivity contribution in [1.82, 2.24) is 4.90 Å². The maximum Gasteiger partial charge on any atom is 0.238 e. The first-order chi connectivity index (χ1) is 12.6. The number of amides is 2. The summed E-state index contributed by atoms with van der Waals surface area (Å²) in [5.41, 5.74) is 3.19. The van der Waals surface area contributed by atoms with Crippen LogP contribution in [0, 0.1) is 18.8 Å². The summed E-state index contributed by atoms with van der Waals surface area (Å²) in [5.74, 6) is -0.0490. The molecule has 4 rings (SSSR count). The van der Waals surface area contributed by atoms with Gasteiger partial charge in [0.25, 0.3) is 0 Å². The Bertz CT molecular complexity index is 716. The van der Waals surface area contributed by atoms with Crippen LogP contribution in [-0.4, -0.2) is 29.8 Å². The van der Waals surface area contributed by atoms with E-state index < -0.39 is 0 Å². The smallest absolute Gasteiger partial charge is 0.238 e. The number of piperidine rings is 1. The molecule has 1 aromatic carbocycles. The third-order valence-electron chi connectivity index (χ3n) is 6.13. The monoisotopic (exact) mass is 352 g/mol. The maximum atomic E-state index is 13.2. The van der Waals surface area contributed by atoms with Crippen LogP contribution in [0.1, 0.15) is 50.5 Å². The lowest BCUT2D eigenvalue weighted by Gasteiger charge is -2.39. The minimum absolute atomic E-state index is 0.00587. The summed E-state index contributed by atoms with van der Waals surface area (Å²) >= 11 is 0. The number of hydrogen-bond donors (Lipinski definition) is 0. The summed E-state index contributed by atoms with van der Waals surface area (Å²) in [4.78, 5) is 29.8. The normalized spacial score (nSPS) is 27.0. The van der Waals surface area contributed by atoms with Crippen molar-refractivity contribution < 1.29 is 9.59 Å². The van der Waals surface area contributed by atoms with Gasteiger partial charge in [0, 0.05) is 31.1 Å². The molecule has 4 nitrogen and oxygen atoms in total. The van der Waals surface area contributed by atoms with Crippen LogP contribution in [0.15, 0.2) is 36.0 Å². The standard InChI is InChI=1S/C22H28N2O2/c1-16-9-11-17(12-10-16)24-21(25)15-19(22(24)26)18-7-3-4-8-20(18)23-13-5-2-6-14-23/h8-12,18-19H,2-7,13-15H2,1H3/t18-,19+/m0/s1. The fraction of sp³-hybridized carbons (Fsp3) is 0.545. The van der Waals surface area contributed by atoms with Gasteiger partial charge in [-0.3, -0.25) is 14.5 Å². The summed E-state index contributed by atoms with van der Waals surface area (Å²) < 4.78 is 0. The van der Waals surface area contributed by atoms with Crippen molar-refractivity contribution in [2.75, 3.05) is 18.0 Å². The zero-order valence-corrected chi connectivity index (χ0v) is 15.6. The molecule has 2 amide bonds. The third kappa shape index (κ3) is 3.17. The summed E-state index contributed by atoms with van der Waals surface area (Å²) in [6.07, 6.45) is 9.69. The van der Waals surface area contributed by atoms with Crippen LogP contribution in [0.5, 0.6) is 0 Å². The number of aryl methyl sites for hydroxylation is 1. The van der Waals surface area contributed by atoms with Crippen molar-refractivity contribution in [1.29, 1.82) is 0 Å². The first-order valence-electron chi connectivity index (χ1n) is 10.0. The summed E-state index contributed by atoms with van der Waals surface area (Å²) in [5, 5.41) is 0. The van der Waals surface area contributed by atoms with Gasteiger partial charge < -0.3 is 4.90 Å². The fourth-order valence-electron chi connectivity index (χ4n) is 4.74. The summed E-state index contributed by atoms with van der Waals surface area (Å²) in [6.45, 7) is 4.20. The predicted molar refractivity (Wildman–Crippen MR) is 103 cm³/mol. The molecule has 3 aliphatic rings. The van der Waals surface area contributed by atoms with Crippen LogP contribution < -0.4 is 4.90 Å². The van der Waals surface area contributed by atoms with Crippen molar-refractivity contribution in [2.24, 2.45) is 11.8 Å². The van der Waals surface area contributed by atoms with Crippen LogP contribution in [0.2, 0.25) is 0 Å². The average Bonchev–Trinajstić information content (AvgIpc) is 2.97. The van der Waals surface area contributed by atoms with Crippen molar-refractivity contribution in [3.8, 4) is 0 Å². The molecule has 26 heavy (non-hydrogen) atoms. The van der Waals surface area contributed by atoms with Gasteiger partial charge in [0.1, 0.15) is 0 Å². The molecular formula is C22H28N2O2. The number of hydrogen-bond acceptors (Lipinski definition) is 3. The highest BCUT2D eigenvalue weighted by molar-refractivity contribution is 6.21. The number of carbonyl (C=O) groups is 2. The van der Waals surface area contributed by atoms with E-state index in [0.29, 0.717) is 12.1 Å². The van der Waals surface area contributed by atoms with Crippen LogP contribution in [0.3, 0.4) is 0 Å². The Morgan fingerprint density at radius 2 is 1.65 bits per heavy atom. The predicted octanol–water partition coefficient (Wildman–Crippen LogP) is 4.04. The van der Waals surface area contributed by atoms with Gasteiger partial charge in [-0.25, -0.2) is 0 Å². The zero-order chi connectivity index (χ0) is 18.1. The lowest BCUT2D eigenvalue weighted by Crippen LogP contribution is -2.38. The number of imide groups is 1. The molecule has 1 aliphatic carbocycles. The Kier molecular flexibility index (Phi) is 4.84. The first kappa shape index (κ1) is 17.3. The number of carbonyl (C=O) groups excluding carboxylic acids is 2. The van der Waals surface area contributed by atoms with Gasteiger partial charge in [0.15, 0.2) is 0 Å². The van der Waals surface area contributed by atoms with E-state index in [9.17, 15) is 9.59 Å². The largest absolute Gasteiger partial charge is 0.375 e. The molecule has 0 saturated carbocycles. The van der Waals surface area contributed by atoms with Gasteiger partial charge in [-0.15, -0.1) is 0 Å². The van der Waals surface area contributed by atoms with Crippen molar-refractivity contribution in [3.63, 3.8) is 0 Å². The molecule has 2 aliphatic heterocycles. The van der Waals surface area contributed by atoms with Gasteiger partial charge in [0.05, 0.1) is 11.6 Å².